The highest BCUT2D eigenvalue weighted by Gasteiger charge is 2.10. The SMILES string of the molecule is CC(C)c1ccccc1NC(=O)Cn1ccc2ccccc21. The summed E-state index contributed by atoms with van der Waals surface area (Å²) in [5.41, 5.74) is 3.14. The maximum atomic E-state index is 12.4. The number of hydrogen-bond acceptors (Lipinski definition) is 1. The largest absolute Gasteiger partial charge is 0.338 e. The lowest BCUT2D eigenvalue weighted by Gasteiger charge is -2.14. The molecule has 0 aliphatic heterocycles. The second-order valence-corrected chi connectivity index (χ2v) is 5.79. The first-order valence-electron chi connectivity index (χ1n) is 7.58. The van der Waals surface area contributed by atoms with E-state index in [2.05, 4.69) is 31.3 Å². The number of carbonyl (C=O) groups excluding carboxylic acids is 1. The molecule has 3 heteroatoms. The van der Waals surface area contributed by atoms with Crippen LogP contribution in [0.1, 0.15) is 25.3 Å². The molecule has 0 aliphatic rings. The number of aromatic nitrogens is 1. The van der Waals surface area contributed by atoms with Gasteiger partial charge in [0.15, 0.2) is 0 Å². The van der Waals surface area contributed by atoms with Crippen molar-refractivity contribution >= 4 is 22.5 Å². The molecule has 1 amide bonds. The number of rotatable bonds is 4. The predicted octanol–water partition coefficient (Wildman–Crippen LogP) is 4.40. The normalized spacial score (nSPS) is 11.0. The van der Waals surface area contributed by atoms with Crippen molar-refractivity contribution in [1.29, 1.82) is 0 Å². The summed E-state index contributed by atoms with van der Waals surface area (Å²) < 4.78 is 1.97. The summed E-state index contributed by atoms with van der Waals surface area (Å²) in [5.74, 6) is 0.373. The van der Waals surface area contributed by atoms with E-state index >= 15 is 0 Å². The van der Waals surface area contributed by atoms with Gasteiger partial charge >= 0.3 is 0 Å². The lowest BCUT2D eigenvalue weighted by atomic mass is 10.0. The molecule has 1 N–H and O–H groups in total. The molecule has 112 valence electrons. The van der Waals surface area contributed by atoms with Gasteiger partial charge in [0.1, 0.15) is 6.54 Å². The molecule has 0 aliphatic carbocycles. The van der Waals surface area contributed by atoms with Crippen LogP contribution in [0.25, 0.3) is 10.9 Å². The molecule has 3 nitrogen and oxygen atoms in total. The van der Waals surface area contributed by atoms with Gasteiger partial charge in [-0.05, 0) is 35.1 Å². The van der Waals surface area contributed by atoms with E-state index in [9.17, 15) is 4.79 Å². The number of carbonyl (C=O) groups is 1. The maximum Gasteiger partial charge on any atom is 0.244 e. The summed E-state index contributed by atoms with van der Waals surface area (Å²) in [6.45, 7) is 4.58. The first-order chi connectivity index (χ1) is 10.6. The number of benzene rings is 2. The summed E-state index contributed by atoms with van der Waals surface area (Å²) in [6, 6.07) is 18.1. The fourth-order valence-electron chi connectivity index (χ4n) is 2.74. The molecule has 0 atom stereocenters. The highest BCUT2D eigenvalue weighted by Crippen LogP contribution is 2.23. The van der Waals surface area contributed by atoms with Crippen LogP contribution >= 0.6 is 0 Å². The number of anilines is 1. The third-order valence-electron chi connectivity index (χ3n) is 3.85. The van der Waals surface area contributed by atoms with Crippen molar-refractivity contribution in [2.24, 2.45) is 0 Å². The van der Waals surface area contributed by atoms with Crippen molar-refractivity contribution in [3.63, 3.8) is 0 Å². The van der Waals surface area contributed by atoms with E-state index < -0.39 is 0 Å². The summed E-state index contributed by atoms with van der Waals surface area (Å²) in [6.07, 6.45) is 1.96. The first-order valence-corrected chi connectivity index (χ1v) is 7.58. The molecule has 2 aromatic carbocycles. The van der Waals surface area contributed by atoms with Gasteiger partial charge in [-0.15, -0.1) is 0 Å². The molecule has 3 aromatic rings. The number of amides is 1. The minimum atomic E-state index is -0.00514. The summed E-state index contributed by atoms with van der Waals surface area (Å²) in [4.78, 5) is 12.4. The molecular weight excluding hydrogens is 272 g/mol. The van der Waals surface area contributed by atoms with Crippen LogP contribution in [0.3, 0.4) is 0 Å². The molecule has 0 spiro atoms. The highest BCUT2D eigenvalue weighted by atomic mass is 16.1. The van der Waals surface area contributed by atoms with Crippen LogP contribution in [0.5, 0.6) is 0 Å². The summed E-state index contributed by atoms with van der Waals surface area (Å²) in [7, 11) is 0. The number of nitrogens with one attached hydrogen (secondary N) is 1. The van der Waals surface area contributed by atoms with Crippen molar-refractivity contribution in [2.75, 3.05) is 5.32 Å². The van der Waals surface area contributed by atoms with Crippen LogP contribution < -0.4 is 5.32 Å². The van der Waals surface area contributed by atoms with Gasteiger partial charge in [-0.3, -0.25) is 4.79 Å². The van der Waals surface area contributed by atoms with Gasteiger partial charge in [0.2, 0.25) is 5.91 Å². The van der Waals surface area contributed by atoms with Crippen LogP contribution in [0, 0.1) is 0 Å². The van der Waals surface area contributed by atoms with Gasteiger partial charge in [0.25, 0.3) is 0 Å². The van der Waals surface area contributed by atoms with Gasteiger partial charge in [0.05, 0.1) is 0 Å². The van der Waals surface area contributed by atoms with Crippen molar-refractivity contribution in [1.82, 2.24) is 4.57 Å². The van der Waals surface area contributed by atoms with Crippen molar-refractivity contribution < 1.29 is 4.79 Å². The van der Waals surface area contributed by atoms with Gasteiger partial charge in [-0.2, -0.15) is 0 Å². The fraction of sp³-hybridized carbons (Fsp3) is 0.211. The molecular formula is C19H20N2O. The third kappa shape index (κ3) is 2.89. The average molecular weight is 292 g/mol. The Bertz CT molecular complexity index is 802. The second-order valence-electron chi connectivity index (χ2n) is 5.79. The van der Waals surface area contributed by atoms with Crippen LogP contribution in [-0.2, 0) is 11.3 Å². The van der Waals surface area contributed by atoms with Gasteiger partial charge in [0, 0.05) is 17.4 Å². The van der Waals surface area contributed by atoms with E-state index in [0.29, 0.717) is 12.5 Å². The minimum absolute atomic E-state index is 0.00514. The average Bonchev–Trinajstić information content (AvgIpc) is 2.91. The fourth-order valence-corrected chi connectivity index (χ4v) is 2.74. The summed E-state index contributed by atoms with van der Waals surface area (Å²) in [5, 5.41) is 4.19. The number of nitrogens with zero attached hydrogens (tertiary/aromatic N) is 1. The monoisotopic (exact) mass is 292 g/mol. The van der Waals surface area contributed by atoms with E-state index in [-0.39, 0.29) is 5.91 Å². The Morgan fingerprint density at radius 2 is 1.77 bits per heavy atom. The van der Waals surface area contributed by atoms with Crippen molar-refractivity contribution in [3.8, 4) is 0 Å². The van der Waals surface area contributed by atoms with Gasteiger partial charge < -0.3 is 9.88 Å². The molecule has 0 saturated carbocycles. The van der Waals surface area contributed by atoms with Gasteiger partial charge in [-0.25, -0.2) is 0 Å². The Morgan fingerprint density at radius 3 is 2.59 bits per heavy atom. The van der Waals surface area contributed by atoms with Crippen molar-refractivity contribution in [3.05, 3.63) is 66.4 Å². The lowest BCUT2D eigenvalue weighted by Crippen LogP contribution is -2.19. The highest BCUT2D eigenvalue weighted by molar-refractivity contribution is 5.92. The zero-order chi connectivity index (χ0) is 15.5. The number of fused-ring (bicyclic) bond motifs is 1. The smallest absolute Gasteiger partial charge is 0.244 e. The first kappa shape index (κ1) is 14.4. The molecule has 22 heavy (non-hydrogen) atoms. The van der Waals surface area contributed by atoms with Crippen LogP contribution in [-0.4, -0.2) is 10.5 Å². The molecule has 0 unspecified atom stereocenters. The van der Waals surface area contributed by atoms with Crippen molar-refractivity contribution in [2.45, 2.75) is 26.3 Å². The predicted molar refractivity (Wildman–Crippen MR) is 91.1 cm³/mol. The van der Waals surface area contributed by atoms with Crippen LogP contribution in [0.15, 0.2) is 60.8 Å². The Morgan fingerprint density at radius 1 is 1.05 bits per heavy atom. The standard InChI is InChI=1S/C19H20N2O/c1-14(2)16-8-4-5-9-17(16)20-19(22)13-21-12-11-15-7-3-6-10-18(15)21/h3-12,14H,13H2,1-2H3,(H,20,22). The Balaban J connectivity index is 1.79. The Labute approximate surface area is 130 Å². The summed E-state index contributed by atoms with van der Waals surface area (Å²) >= 11 is 0. The quantitative estimate of drug-likeness (QED) is 0.759. The zero-order valence-electron chi connectivity index (χ0n) is 12.9. The number of hydrogen-bond donors (Lipinski definition) is 1. The molecule has 0 radical (unpaired) electrons. The van der Waals surface area contributed by atoms with Crippen LogP contribution in [0.2, 0.25) is 0 Å². The Hall–Kier alpha value is -2.55. The number of para-hydroxylation sites is 2. The zero-order valence-corrected chi connectivity index (χ0v) is 12.9. The minimum Gasteiger partial charge on any atom is -0.338 e. The third-order valence-corrected chi connectivity index (χ3v) is 3.85. The molecule has 3 rings (SSSR count). The lowest BCUT2D eigenvalue weighted by molar-refractivity contribution is -0.116. The Kier molecular flexibility index (Phi) is 3.96. The second kappa shape index (κ2) is 6.06. The maximum absolute atomic E-state index is 12.4. The van der Waals surface area contributed by atoms with E-state index in [1.807, 2.05) is 53.2 Å². The van der Waals surface area contributed by atoms with E-state index in [4.69, 9.17) is 0 Å². The van der Waals surface area contributed by atoms with E-state index in [1.165, 1.54) is 0 Å². The van der Waals surface area contributed by atoms with Gasteiger partial charge in [-0.1, -0.05) is 50.2 Å². The molecule has 0 saturated heterocycles. The van der Waals surface area contributed by atoms with Crippen LogP contribution in [0.4, 0.5) is 5.69 Å². The molecule has 0 bridgehead atoms. The molecule has 1 heterocycles. The topological polar surface area (TPSA) is 34.0 Å². The van der Waals surface area contributed by atoms with E-state index in [0.717, 1.165) is 22.2 Å². The molecule has 0 fully saturated rings. The molecule has 1 aromatic heterocycles. The van der Waals surface area contributed by atoms with E-state index in [1.54, 1.807) is 0 Å².